The maximum absolute atomic E-state index is 12.0. The lowest BCUT2D eigenvalue weighted by molar-refractivity contribution is -0.384. The van der Waals surface area contributed by atoms with E-state index >= 15 is 0 Å². The van der Waals surface area contributed by atoms with Crippen LogP contribution in [0.5, 0.6) is 0 Å². The summed E-state index contributed by atoms with van der Waals surface area (Å²) in [5, 5.41) is 21.7. The Hall–Kier alpha value is -2.42. The van der Waals surface area contributed by atoms with Crippen molar-refractivity contribution in [2.75, 3.05) is 19.8 Å². The molecule has 0 atom stereocenters. The standard InChI is InChI=1S/C12H17N3O6/c1-8(2)14-6-9(15(19)20)5-10(14)12(18)13-3-4-21-7-11(16)17/h5-6,8H,3-4,7H2,1-2H3,(H,13,18)(H,16,17). The molecule has 1 aromatic rings. The Morgan fingerprint density at radius 2 is 2.19 bits per heavy atom. The molecule has 0 radical (unpaired) electrons. The van der Waals surface area contributed by atoms with Crippen molar-refractivity contribution in [3.8, 4) is 0 Å². The third-order valence-electron chi connectivity index (χ3n) is 2.59. The minimum atomic E-state index is -1.09. The van der Waals surface area contributed by atoms with Crippen LogP contribution in [0, 0.1) is 10.1 Å². The number of ether oxygens (including phenoxy) is 1. The third kappa shape index (κ3) is 4.88. The van der Waals surface area contributed by atoms with Crippen LogP contribution in [0.15, 0.2) is 12.3 Å². The summed E-state index contributed by atoms with van der Waals surface area (Å²) < 4.78 is 6.28. The van der Waals surface area contributed by atoms with Gasteiger partial charge in [0.05, 0.1) is 17.7 Å². The van der Waals surface area contributed by atoms with E-state index in [0.717, 1.165) is 0 Å². The van der Waals surface area contributed by atoms with Gasteiger partial charge < -0.3 is 19.7 Å². The molecular formula is C12H17N3O6. The molecular weight excluding hydrogens is 282 g/mol. The molecule has 0 bridgehead atoms. The van der Waals surface area contributed by atoms with Crippen molar-refractivity contribution in [2.24, 2.45) is 0 Å². The highest BCUT2D eigenvalue weighted by molar-refractivity contribution is 5.93. The lowest BCUT2D eigenvalue weighted by atomic mass is 10.3. The first-order valence-electron chi connectivity index (χ1n) is 6.27. The molecule has 9 nitrogen and oxygen atoms in total. The average molecular weight is 299 g/mol. The van der Waals surface area contributed by atoms with Crippen LogP contribution in [0.1, 0.15) is 30.4 Å². The Bertz CT molecular complexity index is 537. The number of rotatable bonds is 8. The second-order valence-electron chi connectivity index (χ2n) is 4.54. The number of carbonyl (C=O) groups is 2. The Labute approximate surface area is 120 Å². The van der Waals surface area contributed by atoms with Crippen molar-refractivity contribution in [3.05, 3.63) is 28.1 Å². The topological polar surface area (TPSA) is 124 Å². The van der Waals surface area contributed by atoms with Gasteiger partial charge in [0.15, 0.2) is 0 Å². The van der Waals surface area contributed by atoms with E-state index in [0.29, 0.717) is 0 Å². The number of hydrogen-bond donors (Lipinski definition) is 2. The highest BCUT2D eigenvalue weighted by Gasteiger charge is 2.20. The zero-order chi connectivity index (χ0) is 16.0. The summed E-state index contributed by atoms with van der Waals surface area (Å²) in [5.41, 5.74) is 0.0194. The van der Waals surface area contributed by atoms with Crippen LogP contribution in [0.3, 0.4) is 0 Å². The highest BCUT2D eigenvalue weighted by atomic mass is 16.6. The molecule has 21 heavy (non-hydrogen) atoms. The van der Waals surface area contributed by atoms with Crippen LogP contribution in [-0.2, 0) is 9.53 Å². The number of aromatic nitrogens is 1. The van der Waals surface area contributed by atoms with Crippen molar-refractivity contribution < 1.29 is 24.4 Å². The van der Waals surface area contributed by atoms with Gasteiger partial charge in [0.25, 0.3) is 11.6 Å². The van der Waals surface area contributed by atoms with Crippen molar-refractivity contribution in [3.63, 3.8) is 0 Å². The Balaban J connectivity index is 2.64. The second kappa shape index (κ2) is 7.39. The van der Waals surface area contributed by atoms with Crippen molar-refractivity contribution in [2.45, 2.75) is 19.9 Å². The summed E-state index contributed by atoms with van der Waals surface area (Å²) in [7, 11) is 0. The zero-order valence-corrected chi connectivity index (χ0v) is 11.7. The maximum Gasteiger partial charge on any atom is 0.329 e. The summed E-state index contributed by atoms with van der Waals surface area (Å²) in [6, 6.07) is 1.09. The van der Waals surface area contributed by atoms with Gasteiger partial charge in [-0.3, -0.25) is 14.9 Å². The van der Waals surface area contributed by atoms with Crippen LogP contribution < -0.4 is 5.32 Å². The Morgan fingerprint density at radius 1 is 1.52 bits per heavy atom. The number of carbonyl (C=O) groups excluding carboxylic acids is 1. The van der Waals surface area contributed by atoms with Gasteiger partial charge in [0, 0.05) is 18.7 Å². The minimum absolute atomic E-state index is 0.0442. The summed E-state index contributed by atoms with van der Waals surface area (Å²) >= 11 is 0. The minimum Gasteiger partial charge on any atom is -0.480 e. The molecule has 2 N–H and O–H groups in total. The van der Waals surface area contributed by atoms with Gasteiger partial charge in [-0.05, 0) is 13.8 Å². The van der Waals surface area contributed by atoms with Crippen LogP contribution in [-0.4, -0.2) is 46.2 Å². The van der Waals surface area contributed by atoms with E-state index in [1.54, 1.807) is 13.8 Å². The number of hydrogen-bond acceptors (Lipinski definition) is 5. The van der Waals surface area contributed by atoms with Crippen LogP contribution in [0.25, 0.3) is 0 Å². The fourth-order valence-electron chi connectivity index (χ4n) is 1.66. The lowest BCUT2D eigenvalue weighted by Gasteiger charge is -2.12. The van der Waals surface area contributed by atoms with Crippen LogP contribution in [0.4, 0.5) is 5.69 Å². The Kier molecular flexibility index (Phi) is 5.85. The van der Waals surface area contributed by atoms with Crippen LogP contribution in [0.2, 0.25) is 0 Å². The molecule has 0 saturated carbocycles. The average Bonchev–Trinajstić information content (AvgIpc) is 2.83. The third-order valence-corrected chi connectivity index (χ3v) is 2.59. The molecule has 9 heteroatoms. The first kappa shape index (κ1) is 16.6. The molecule has 0 spiro atoms. The number of nitro groups is 1. The molecule has 1 amide bonds. The monoisotopic (exact) mass is 299 g/mol. The second-order valence-corrected chi connectivity index (χ2v) is 4.54. The van der Waals surface area contributed by atoms with Gasteiger partial charge in [-0.15, -0.1) is 0 Å². The molecule has 0 saturated heterocycles. The number of carboxylic acid groups (broad SMARTS) is 1. The van der Waals surface area contributed by atoms with Crippen LogP contribution >= 0.6 is 0 Å². The molecule has 0 aliphatic carbocycles. The molecule has 0 aliphatic rings. The zero-order valence-electron chi connectivity index (χ0n) is 11.7. The molecule has 1 rings (SSSR count). The number of aliphatic carboxylic acids is 1. The fraction of sp³-hybridized carbons (Fsp3) is 0.500. The normalized spacial score (nSPS) is 10.6. The first-order valence-corrected chi connectivity index (χ1v) is 6.27. The quantitative estimate of drug-likeness (QED) is 0.416. The van der Waals surface area contributed by atoms with Crippen molar-refractivity contribution >= 4 is 17.6 Å². The molecule has 0 unspecified atom stereocenters. The summed E-state index contributed by atoms with van der Waals surface area (Å²) in [4.78, 5) is 32.4. The molecule has 0 fully saturated rings. The molecule has 1 heterocycles. The van der Waals surface area contributed by atoms with Gasteiger partial charge in [-0.25, -0.2) is 4.79 Å². The van der Waals surface area contributed by atoms with E-state index in [2.05, 4.69) is 5.32 Å². The van der Waals surface area contributed by atoms with Gasteiger partial charge in [0.2, 0.25) is 0 Å². The predicted molar refractivity (Wildman–Crippen MR) is 72.3 cm³/mol. The molecule has 0 aromatic carbocycles. The first-order chi connectivity index (χ1) is 9.82. The largest absolute Gasteiger partial charge is 0.480 e. The fourth-order valence-corrected chi connectivity index (χ4v) is 1.66. The highest BCUT2D eigenvalue weighted by Crippen LogP contribution is 2.20. The molecule has 1 aromatic heterocycles. The van der Waals surface area contributed by atoms with Crippen molar-refractivity contribution in [1.29, 1.82) is 0 Å². The van der Waals surface area contributed by atoms with E-state index < -0.39 is 23.4 Å². The van der Waals surface area contributed by atoms with Gasteiger partial charge in [-0.2, -0.15) is 0 Å². The van der Waals surface area contributed by atoms with E-state index in [1.165, 1.54) is 16.8 Å². The molecule has 116 valence electrons. The summed E-state index contributed by atoms with van der Waals surface area (Å²) in [6.45, 7) is 3.32. The van der Waals surface area contributed by atoms with Crippen molar-refractivity contribution in [1.82, 2.24) is 9.88 Å². The van der Waals surface area contributed by atoms with E-state index in [-0.39, 0.29) is 30.6 Å². The number of carboxylic acids is 1. The number of nitrogens with one attached hydrogen (secondary N) is 1. The van der Waals surface area contributed by atoms with Gasteiger partial charge in [-0.1, -0.05) is 0 Å². The number of nitrogens with zero attached hydrogens (tertiary/aromatic N) is 2. The smallest absolute Gasteiger partial charge is 0.329 e. The maximum atomic E-state index is 12.0. The summed E-state index contributed by atoms with van der Waals surface area (Å²) in [6.07, 6.45) is 1.31. The predicted octanol–water partition coefficient (Wildman–Crippen LogP) is 0.808. The number of amides is 1. The lowest BCUT2D eigenvalue weighted by Crippen LogP contribution is -2.29. The van der Waals surface area contributed by atoms with E-state index in [1.807, 2.05) is 0 Å². The SMILES string of the molecule is CC(C)n1cc([N+](=O)[O-])cc1C(=O)NCCOCC(=O)O. The molecule has 0 aliphatic heterocycles. The Morgan fingerprint density at radius 3 is 2.71 bits per heavy atom. The van der Waals surface area contributed by atoms with E-state index in [9.17, 15) is 19.7 Å². The van der Waals surface area contributed by atoms with Gasteiger partial charge in [0.1, 0.15) is 12.3 Å². The van der Waals surface area contributed by atoms with E-state index in [4.69, 9.17) is 9.84 Å². The summed E-state index contributed by atoms with van der Waals surface area (Å²) in [5.74, 6) is -1.57. The van der Waals surface area contributed by atoms with Gasteiger partial charge >= 0.3 is 5.97 Å².